The van der Waals surface area contributed by atoms with Crippen LogP contribution in [-0.4, -0.2) is 41.7 Å². The van der Waals surface area contributed by atoms with Crippen molar-refractivity contribution in [3.8, 4) is 6.07 Å². The fourth-order valence-corrected chi connectivity index (χ4v) is 2.96. The largest absolute Gasteiger partial charge is 0.497 e. The summed E-state index contributed by atoms with van der Waals surface area (Å²) in [5, 5.41) is 18.9. The van der Waals surface area contributed by atoms with Crippen LogP contribution >= 0.6 is 0 Å². The minimum atomic E-state index is -5.28. The van der Waals surface area contributed by atoms with Crippen LogP contribution in [0.3, 0.4) is 0 Å². The molecular formula is C17H16F5N3O3. The lowest BCUT2D eigenvalue weighted by Crippen LogP contribution is -2.24. The Bertz CT molecular complexity index is 849. The zero-order valence-electron chi connectivity index (χ0n) is 14.9. The average molecular weight is 405 g/mol. The number of alkyl halides is 5. The molecule has 152 valence electrons. The third kappa shape index (κ3) is 4.22. The first kappa shape index (κ1) is 21.6. The molecule has 0 bridgehead atoms. The number of aromatic nitrogens is 1. The van der Waals surface area contributed by atoms with Crippen LogP contribution in [-0.2, 0) is 17.5 Å². The first-order valence-corrected chi connectivity index (χ1v) is 8.05. The van der Waals surface area contributed by atoms with Gasteiger partial charge in [0.1, 0.15) is 17.5 Å². The Morgan fingerprint density at radius 3 is 2.39 bits per heavy atom. The number of halogens is 5. The maximum Gasteiger partial charge on any atom is 0.434 e. The van der Waals surface area contributed by atoms with Gasteiger partial charge < -0.3 is 14.7 Å². The van der Waals surface area contributed by atoms with Crippen LogP contribution < -0.4 is 0 Å². The molecule has 0 amide bonds. The Balaban J connectivity index is 3.04. The number of aromatic carboxylic acids is 1. The molecule has 0 aromatic carbocycles. The number of ether oxygens (including phenoxy) is 1. The Hall–Kier alpha value is -2.74. The van der Waals surface area contributed by atoms with E-state index in [4.69, 9.17) is 4.74 Å². The van der Waals surface area contributed by atoms with Crippen LogP contribution in [0.1, 0.15) is 52.1 Å². The van der Waals surface area contributed by atoms with Gasteiger partial charge in [-0.25, -0.2) is 18.6 Å². The van der Waals surface area contributed by atoms with Gasteiger partial charge in [-0.3, -0.25) is 0 Å². The number of hydrogen-bond acceptors (Lipinski definition) is 5. The highest BCUT2D eigenvalue weighted by Crippen LogP contribution is 2.40. The molecule has 0 atom stereocenters. The molecule has 0 aliphatic carbocycles. The van der Waals surface area contributed by atoms with Crippen LogP contribution in [0, 0.1) is 11.3 Å². The van der Waals surface area contributed by atoms with E-state index in [1.54, 1.807) is 6.07 Å². The Kier molecular flexibility index (Phi) is 6.23. The molecule has 1 aromatic heterocycles. The van der Waals surface area contributed by atoms with Crippen LogP contribution in [0.2, 0.25) is 0 Å². The summed E-state index contributed by atoms with van der Waals surface area (Å²) in [4.78, 5) is 15.9. The van der Waals surface area contributed by atoms with Gasteiger partial charge in [-0.15, -0.1) is 0 Å². The molecule has 1 aliphatic rings. The predicted octanol–water partition coefficient (Wildman–Crippen LogP) is 3.84. The Morgan fingerprint density at radius 2 is 2.00 bits per heavy atom. The van der Waals surface area contributed by atoms with Crippen molar-refractivity contribution in [2.45, 2.75) is 32.0 Å². The van der Waals surface area contributed by atoms with Gasteiger partial charge in [-0.2, -0.15) is 18.4 Å². The van der Waals surface area contributed by atoms with Crippen molar-refractivity contribution in [2.75, 3.05) is 20.7 Å². The highest BCUT2D eigenvalue weighted by molar-refractivity contribution is 5.94. The van der Waals surface area contributed by atoms with E-state index in [-0.39, 0.29) is 18.8 Å². The fourth-order valence-electron chi connectivity index (χ4n) is 2.96. The fraction of sp³-hybridized carbons (Fsp3) is 0.471. The lowest BCUT2D eigenvalue weighted by Gasteiger charge is -2.22. The van der Waals surface area contributed by atoms with Gasteiger partial charge >= 0.3 is 12.1 Å². The molecule has 0 unspecified atom stereocenters. The first-order valence-electron chi connectivity index (χ1n) is 8.05. The molecule has 6 nitrogen and oxygen atoms in total. The molecule has 11 heteroatoms. The second-order valence-electron chi connectivity index (χ2n) is 6.28. The van der Waals surface area contributed by atoms with Gasteiger partial charge in [0.2, 0.25) is 0 Å². The zero-order chi connectivity index (χ0) is 21.2. The minimum Gasteiger partial charge on any atom is -0.497 e. The number of nitrogens with zero attached hydrogens (tertiary/aromatic N) is 3. The molecular weight excluding hydrogens is 389 g/mol. The summed E-state index contributed by atoms with van der Waals surface area (Å²) in [7, 11) is 2.85. The molecule has 1 saturated heterocycles. The third-order valence-electron chi connectivity index (χ3n) is 3.96. The monoisotopic (exact) mass is 405 g/mol. The molecule has 28 heavy (non-hydrogen) atoms. The average Bonchev–Trinajstić information content (AvgIpc) is 3.08. The van der Waals surface area contributed by atoms with Crippen molar-refractivity contribution >= 4 is 11.5 Å². The maximum absolute atomic E-state index is 13.7. The highest BCUT2D eigenvalue weighted by Gasteiger charge is 2.42. The zero-order valence-corrected chi connectivity index (χ0v) is 14.9. The molecule has 1 fully saturated rings. The van der Waals surface area contributed by atoms with Crippen LogP contribution in [0.25, 0.3) is 5.57 Å². The topological polar surface area (TPSA) is 86.5 Å². The second kappa shape index (κ2) is 8.10. The summed E-state index contributed by atoms with van der Waals surface area (Å²) in [6.07, 6.45) is -8.03. The van der Waals surface area contributed by atoms with E-state index in [0.717, 1.165) is 0 Å². The highest BCUT2D eigenvalue weighted by atomic mass is 19.4. The molecule has 0 saturated carbocycles. The maximum atomic E-state index is 13.7. The summed E-state index contributed by atoms with van der Waals surface area (Å²) in [6, 6.07) is 1.68. The summed E-state index contributed by atoms with van der Waals surface area (Å²) >= 11 is 0. The van der Waals surface area contributed by atoms with Gasteiger partial charge in [0, 0.05) is 18.5 Å². The Morgan fingerprint density at radius 1 is 1.36 bits per heavy atom. The Labute approximate surface area is 156 Å². The number of rotatable bonds is 5. The molecule has 0 spiro atoms. The predicted molar refractivity (Wildman–Crippen MR) is 86.3 cm³/mol. The molecule has 0 radical (unpaired) electrons. The van der Waals surface area contributed by atoms with Crippen LogP contribution in [0.15, 0.2) is 5.76 Å². The van der Waals surface area contributed by atoms with Gasteiger partial charge in [-0.05, 0) is 26.1 Å². The normalized spacial score (nSPS) is 16.3. The van der Waals surface area contributed by atoms with E-state index < -0.39 is 58.8 Å². The molecule has 1 aromatic rings. The number of carboxylic acid groups (broad SMARTS) is 1. The van der Waals surface area contributed by atoms with Gasteiger partial charge in [0.25, 0.3) is 6.43 Å². The molecule has 2 heterocycles. The molecule has 1 N–H and O–H groups in total. The van der Waals surface area contributed by atoms with Crippen molar-refractivity contribution in [1.82, 2.24) is 9.88 Å². The van der Waals surface area contributed by atoms with Crippen molar-refractivity contribution in [3.63, 3.8) is 0 Å². The van der Waals surface area contributed by atoms with E-state index in [0.29, 0.717) is 6.42 Å². The van der Waals surface area contributed by atoms with Gasteiger partial charge in [0.15, 0.2) is 5.69 Å². The van der Waals surface area contributed by atoms with Crippen molar-refractivity contribution < 1.29 is 36.6 Å². The summed E-state index contributed by atoms with van der Waals surface area (Å²) in [5.41, 5.74) is -6.08. The van der Waals surface area contributed by atoms with Crippen molar-refractivity contribution in [2.24, 2.45) is 0 Å². The van der Waals surface area contributed by atoms with E-state index in [1.165, 1.54) is 19.0 Å². The minimum absolute atomic E-state index is 0.0299. The number of nitriles is 1. The smallest absolute Gasteiger partial charge is 0.434 e. The number of carboxylic acids is 1. The van der Waals surface area contributed by atoms with Crippen LogP contribution in [0.4, 0.5) is 22.0 Å². The third-order valence-corrected chi connectivity index (χ3v) is 3.96. The van der Waals surface area contributed by atoms with E-state index in [2.05, 4.69) is 4.98 Å². The van der Waals surface area contributed by atoms with E-state index in [1.807, 2.05) is 0 Å². The molecule has 2 rings (SSSR count). The number of carbonyl (C=O) groups is 1. The lowest BCUT2D eigenvalue weighted by atomic mass is 9.91. The number of hydrogen-bond donors (Lipinski definition) is 1. The standard InChI is InChI=1S/C17H16F5N3O3/c1-25(2)7-9-11(8(6-23)10-4-3-5-28-10)13(15(18)19)24-14(17(20,21)22)12(9)16(26)27/h15H,3-5,7H2,1-2H3,(H,26,27)/b10-8-. The number of allylic oxidation sites excluding steroid dienone is 2. The number of pyridine rings is 1. The van der Waals surface area contributed by atoms with Crippen LogP contribution in [0.5, 0.6) is 0 Å². The van der Waals surface area contributed by atoms with Gasteiger partial charge in [0.05, 0.1) is 17.7 Å². The van der Waals surface area contributed by atoms with Gasteiger partial charge in [-0.1, -0.05) is 0 Å². The first-order chi connectivity index (χ1) is 13.0. The second-order valence-corrected chi connectivity index (χ2v) is 6.28. The summed E-state index contributed by atoms with van der Waals surface area (Å²) < 4.78 is 72.8. The summed E-state index contributed by atoms with van der Waals surface area (Å²) in [6.45, 7) is -0.214. The van der Waals surface area contributed by atoms with Crippen molar-refractivity contribution in [3.05, 3.63) is 33.8 Å². The van der Waals surface area contributed by atoms with E-state index >= 15 is 0 Å². The van der Waals surface area contributed by atoms with Crippen molar-refractivity contribution in [1.29, 1.82) is 5.26 Å². The lowest BCUT2D eigenvalue weighted by molar-refractivity contribution is -0.142. The summed E-state index contributed by atoms with van der Waals surface area (Å²) in [5.74, 6) is -1.95. The SMILES string of the molecule is CN(C)Cc1c(C(=O)O)c(C(F)(F)F)nc(C(F)F)c1/C(C#N)=C1/CCCO1. The van der Waals surface area contributed by atoms with E-state index in [9.17, 15) is 37.1 Å². The molecule has 1 aliphatic heterocycles. The quantitative estimate of drug-likeness (QED) is 0.592.